The molecule has 3 nitrogen and oxygen atoms in total. The summed E-state index contributed by atoms with van der Waals surface area (Å²) in [6, 6.07) is 14.8. The lowest BCUT2D eigenvalue weighted by Crippen LogP contribution is -2.27. The van der Waals surface area contributed by atoms with Crippen LogP contribution < -0.4 is 0 Å². The highest BCUT2D eigenvalue weighted by atomic mass is 79.9. The first-order chi connectivity index (χ1) is 9.56. The van der Waals surface area contributed by atoms with E-state index in [4.69, 9.17) is 0 Å². The number of amides is 1. The van der Waals surface area contributed by atoms with Crippen LogP contribution in [0.25, 0.3) is 0 Å². The quantitative estimate of drug-likeness (QED) is 0.931. The molecule has 0 aliphatic carbocycles. The van der Waals surface area contributed by atoms with E-state index in [2.05, 4.69) is 15.9 Å². The molecule has 0 saturated heterocycles. The summed E-state index contributed by atoms with van der Waals surface area (Å²) in [6.07, 6.45) is 0.208. The van der Waals surface area contributed by atoms with Crippen LogP contribution in [0, 0.1) is 0 Å². The van der Waals surface area contributed by atoms with Crippen LogP contribution in [0.2, 0.25) is 0 Å². The Bertz CT molecular complexity index is 596. The van der Waals surface area contributed by atoms with E-state index in [0.29, 0.717) is 12.1 Å². The van der Waals surface area contributed by atoms with Gasteiger partial charge in [0.1, 0.15) is 5.75 Å². The standard InChI is InChI=1S/C16H16BrNO2/c1-18(11-12-6-8-14(17)9-7-12)16(20)10-13-4-2-3-5-15(13)19/h2-9,19H,10-11H2,1H3. The molecule has 1 amide bonds. The second-order valence-corrected chi connectivity index (χ2v) is 5.60. The minimum atomic E-state index is -0.0191. The van der Waals surface area contributed by atoms with Crippen molar-refractivity contribution in [2.24, 2.45) is 0 Å². The molecule has 104 valence electrons. The van der Waals surface area contributed by atoms with Crippen LogP contribution in [0.15, 0.2) is 53.0 Å². The predicted octanol–water partition coefficient (Wildman–Crippen LogP) is 3.36. The number of aromatic hydroxyl groups is 1. The van der Waals surface area contributed by atoms with Gasteiger partial charge in [-0.25, -0.2) is 0 Å². The van der Waals surface area contributed by atoms with Crippen molar-refractivity contribution < 1.29 is 9.90 Å². The summed E-state index contributed by atoms with van der Waals surface area (Å²) in [4.78, 5) is 13.8. The first kappa shape index (κ1) is 14.6. The molecule has 0 radical (unpaired) electrons. The van der Waals surface area contributed by atoms with Gasteiger partial charge < -0.3 is 10.0 Å². The van der Waals surface area contributed by atoms with E-state index in [1.165, 1.54) is 0 Å². The van der Waals surface area contributed by atoms with Crippen LogP contribution in [-0.4, -0.2) is 23.0 Å². The number of hydrogen-bond acceptors (Lipinski definition) is 2. The van der Waals surface area contributed by atoms with Gasteiger partial charge in [-0.1, -0.05) is 46.3 Å². The first-order valence-corrected chi connectivity index (χ1v) is 7.11. The third-order valence-electron chi connectivity index (χ3n) is 3.09. The molecule has 0 fully saturated rings. The highest BCUT2D eigenvalue weighted by molar-refractivity contribution is 9.10. The van der Waals surface area contributed by atoms with Gasteiger partial charge in [0, 0.05) is 23.6 Å². The van der Waals surface area contributed by atoms with E-state index >= 15 is 0 Å². The number of para-hydroxylation sites is 1. The SMILES string of the molecule is CN(Cc1ccc(Br)cc1)C(=O)Cc1ccccc1O. The molecule has 0 heterocycles. The molecular formula is C16H16BrNO2. The Morgan fingerprint density at radius 2 is 1.80 bits per heavy atom. The van der Waals surface area contributed by atoms with Crippen LogP contribution in [0.3, 0.4) is 0 Å². The number of phenolic OH excluding ortho intramolecular Hbond substituents is 1. The fraction of sp³-hybridized carbons (Fsp3) is 0.188. The van der Waals surface area contributed by atoms with Crippen molar-refractivity contribution >= 4 is 21.8 Å². The number of likely N-dealkylation sites (N-methyl/N-ethyl adjacent to an activating group) is 1. The Morgan fingerprint density at radius 3 is 2.45 bits per heavy atom. The first-order valence-electron chi connectivity index (χ1n) is 6.31. The van der Waals surface area contributed by atoms with Crippen LogP contribution in [-0.2, 0) is 17.8 Å². The summed E-state index contributed by atoms with van der Waals surface area (Å²) in [5.41, 5.74) is 1.72. The van der Waals surface area contributed by atoms with Gasteiger partial charge in [0.25, 0.3) is 0 Å². The van der Waals surface area contributed by atoms with Gasteiger partial charge in [-0.05, 0) is 23.8 Å². The fourth-order valence-corrected chi connectivity index (χ4v) is 2.17. The van der Waals surface area contributed by atoms with Gasteiger partial charge in [-0.3, -0.25) is 4.79 Å². The average Bonchev–Trinajstić information content (AvgIpc) is 2.44. The summed E-state index contributed by atoms with van der Waals surface area (Å²) in [5, 5.41) is 9.69. The maximum Gasteiger partial charge on any atom is 0.227 e. The Labute approximate surface area is 127 Å². The van der Waals surface area contributed by atoms with Crippen molar-refractivity contribution in [3.8, 4) is 5.75 Å². The minimum Gasteiger partial charge on any atom is -0.508 e. The van der Waals surface area contributed by atoms with Gasteiger partial charge in [0.05, 0.1) is 6.42 Å². The molecule has 2 aromatic rings. The van der Waals surface area contributed by atoms with Gasteiger partial charge in [-0.2, -0.15) is 0 Å². The molecule has 0 aliphatic heterocycles. The molecule has 0 unspecified atom stereocenters. The van der Waals surface area contributed by atoms with E-state index in [-0.39, 0.29) is 18.1 Å². The molecule has 0 saturated carbocycles. The van der Waals surface area contributed by atoms with Gasteiger partial charge in [0.2, 0.25) is 5.91 Å². The Hall–Kier alpha value is -1.81. The summed E-state index contributed by atoms with van der Waals surface area (Å²) in [5.74, 6) is 0.146. The summed E-state index contributed by atoms with van der Waals surface area (Å²) < 4.78 is 1.02. The molecule has 0 aliphatic rings. The van der Waals surface area contributed by atoms with Crippen molar-refractivity contribution in [1.29, 1.82) is 0 Å². The normalized spacial score (nSPS) is 10.3. The lowest BCUT2D eigenvalue weighted by Gasteiger charge is -2.17. The van der Waals surface area contributed by atoms with Crippen molar-refractivity contribution in [3.05, 3.63) is 64.1 Å². The van der Waals surface area contributed by atoms with Crippen LogP contribution in [0.4, 0.5) is 0 Å². The van der Waals surface area contributed by atoms with E-state index in [9.17, 15) is 9.90 Å². The molecule has 1 N–H and O–H groups in total. The summed E-state index contributed by atoms with van der Waals surface area (Å²) >= 11 is 3.38. The molecule has 2 aromatic carbocycles. The number of benzene rings is 2. The van der Waals surface area contributed by atoms with Crippen LogP contribution >= 0.6 is 15.9 Å². The molecule has 4 heteroatoms. The topological polar surface area (TPSA) is 40.5 Å². The Balaban J connectivity index is 1.99. The average molecular weight is 334 g/mol. The number of nitrogens with zero attached hydrogens (tertiary/aromatic N) is 1. The van der Waals surface area contributed by atoms with Gasteiger partial charge >= 0.3 is 0 Å². The molecular weight excluding hydrogens is 318 g/mol. The number of rotatable bonds is 4. The third kappa shape index (κ3) is 3.84. The number of phenols is 1. The lowest BCUT2D eigenvalue weighted by molar-refractivity contribution is -0.129. The number of hydrogen-bond donors (Lipinski definition) is 1. The van der Waals surface area contributed by atoms with E-state index in [1.807, 2.05) is 30.3 Å². The van der Waals surface area contributed by atoms with E-state index in [1.54, 1.807) is 30.1 Å². The lowest BCUT2D eigenvalue weighted by atomic mass is 10.1. The zero-order valence-corrected chi connectivity index (χ0v) is 12.8. The number of carbonyl (C=O) groups excluding carboxylic acids is 1. The smallest absolute Gasteiger partial charge is 0.227 e. The second-order valence-electron chi connectivity index (χ2n) is 4.68. The Kier molecular flexibility index (Phi) is 4.79. The molecule has 20 heavy (non-hydrogen) atoms. The van der Waals surface area contributed by atoms with Crippen molar-refractivity contribution in [3.63, 3.8) is 0 Å². The number of halogens is 1. The van der Waals surface area contributed by atoms with Gasteiger partial charge in [-0.15, -0.1) is 0 Å². The maximum absolute atomic E-state index is 12.1. The molecule has 0 atom stereocenters. The highest BCUT2D eigenvalue weighted by Gasteiger charge is 2.12. The minimum absolute atomic E-state index is 0.0191. The summed E-state index contributed by atoms with van der Waals surface area (Å²) in [6.45, 7) is 0.555. The Morgan fingerprint density at radius 1 is 1.15 bits per heavy atom. The molecule has 0 spiro atoms. The molecule has 2 rings (SSSR count). The molecule has 0 bridgehead atoms. The largest absolute Gasteiger partial charge is 0.508 e. The van der Waals surface area contributed by atoms with Crippen molar-refractivity contribution in [2.75, 3.05) is 7.05 Å². The highest BCUT2D eigenvalue weighted by Crippen LogP contribution is 2.17. The van der Waals surface area contributed by atoms with Crippen LogP contribution in [0.1, 0.15) is 11.1 Å². The van der Waals surface area contributed by atoms with Crippen molar-refractivity contribution in [2.45, 2.75) is 13.0 Å². The second kappa shape index (κ2) is 6.57. The third-order valence-corrected chi connectivity index (χ3v) is 3.62. The monoisotopic (exact) mass is 333 g/mol. The van der Waals surface area contributed by atoms with E-state index in [0.717, 1.165) is 10.0 Å². The van der Waals surface area contributed by atoms with Crippen molar-refractivity contribution in [1.82, 2.24) is 4.90 Å². The van der Waals surface area contributed by atoms with Gasteiger partial charge in [0.15, 0.2) is 0 Å². The zero-order chi connectivity index (χ0) is 14.5. The van der Waals surface area contributed by atoms with E-state index < -0.39 is 0 Å². The fourth-order valence-electron chi connectivity index (χ4n) is 1.91. The maximum atomic E-state index is 12.1. The predicted molar refractivity (Wildman–Crippen MR) is 82.4 cm³/mol. The zero-order valence-electron chi connectivity index (χ0n) is 11.2. The van der Waals surface area contributed by atoms with Crippen LogP contribution in [0.5, 0.6) is 5.75 Å². The number of carbonyl (C=O) groups is 1. The summed E-state index contributed by atoms with van der Waals surface area (Å²) in [7, 11) is 1.77. The molecule has 0 aromatic heterocycles.